The second-order valence-corrected chi connectivity index (χ2v) is 4.94. The van der Waals surface area contributed by atoms with Gasteiger partial charge in [-0.2, -0.15) is 4.39 Å². The van der Waals surface area contributed by atoms with Gasteiger partial charge in [0.15, 0.2) is 11.6 Å². The minimum absolute atomic E-state index is 0.0181. The van der Waals surface area contributed by atoms with Gasteiger partial charge in [0.25, 0.3) is 0 Å². The average molecular weight is 270 g/mol. The highest BCUT2D eigenvalue weighted by atomic mass is 19.2. The summed E-state index contributed by atoms with van der Waals surface area (Å²) in [5.41, 5.74) is 0.509. The van der Waals surface area contributed by atoms with Crippen molar-refractivity contribution < 1.29 is 13.5 Å². The van der Waals surface area contributed by atoms with Gasteiger partial charge in [0.2, 0.25) is 5.82 Å². The van der Waals surface area contributed by atoms with Crippen molar-refractivity contribution in [2.24, 2.45) is 5.92 Å². The first-order valence-electron chi connectivity index (χ1n) is 7.15. The molecule has 1 fully saturated rings. The molecule has 2 rings (SSSR count). The van der Waals surface area contributed by atoms with Gasteiger partial charge in [0, 0.05) is 0 Å². The van der Waals surface area contributed by atoms with Crippen molar-refractivity contribution >= 4 is 0 Å². The van der Waals surface area contributed by atoms with Crippen LogP contribution < -0.4 is 4.74 Å². The van der Waals surface area contributed by atoms with E-state index in [1.807, 2.05) is 13.8 Å². The third kappa shape index (κ3) is 3.68. The van der Waals surface area contributed by atoms with Gasteiger partial charge in [0.1, 0.15) is 0 Å². The number of methoxy groups -OCH3 is 1. The molecule has 1 aliphatic rings. The maximum absolute atomic E-state index is 13.9. The molecule has 1 aliphatic carbocycles. The Labute approximate surface area is 115 Å². The minimum atomic E-state index is -0.858. The summed E-state index contributed by atoms with van der Waals surface area (Å²) in [6.07, 6.45) is 4.09. The van der Waals surface area contributed by atoms with Crippen molar-refractivity contribution in [2.45, 2.75) is 52.4 Å². The summed E-state index contributed by atoms with van der Waals surface area (Å²) in [4.78, 5) is 0. The van der Waals surface area contributed by atoms with Gasteiger partial charge in [-0.05, 0) is 36.3 Å². The molecule has 19 heavy (non-hydrogen) atoms. The van der Waals surface area contributed by atoms with E-state index in [1.54, 1.807) is 6.07 Å². The Balaban J connectivity index is 0.000000861. The number of benzene rings is 1. The molecular weight excluding hydrogens is 246 g/mol. The molecule has 1 saturated carbocycles. The quantitative estimate of drug-likeness (QED) is 0.709. The van der Waals surface area contributed by atoms with Crippen LogP contribution in [0.5, 0.6) is 5.75 Å². The van der Waals surface area contributed by atoms with Crippen LogP contribution >= 0.6 is 0 Å². The van der Waals surface area contributed by atoms with Gasteiger partial charge in [0.05, 0.1) is 7.11 Å². The molecule has 0 unspecified atom stereocenters. The summed E-state index contributed by atoms with van der Waals surface area (Å²) in [5.74, 6) is -0.744. The average Bonchev–Trinajstić information content (AvgIpc) is 2.45. The van der Waals surface area contributed by atoms with E-state index < -0.39 is 11.6 Å². The lowest BCUT2D eigenvalue weighted by Crippen LogP contribution is -2.13. The van der Waals surface area contributed by atoms with Crippen LogP contribution in [0.25, 0.3) is 0 Å². The molecule has 1 aromatic rings. The SMILES string of the molecule is CC.COc1ccc(C2CCC(C)CC2)c(F)c1F. The first-order valence-corrected chi connectivity index (χ1v) is 7.15. The van der Waals surface area contributed by atoms with Gasteiger partial charge in [-0.15, -0.1) is 0 Å². The number of hydrogen-bond donors (Lipinski definition) is 0. The van der Waals surface area contributed by atoms with E-state index in [9.17, 15) is 8.78 Å². The zero-order valence-corrected chi connectivity index (χ0v) is 12.3. The number of hydrogen-bond acceptors (Lipinski definition) is 1. The Morgan fingerprint density at radius 3 is 2.11 bits per heavy atom. The number of ether oxygens (including phenoxy) is 1. The highest BCUT2D eigenvalue weighted by Gasteiger charge is 2.24. The van der Waals surface area contributed by atoms with Crippen LogP contribution in [0.3, 0.4) is 0 Å². The molecule has 0 bridgehead atoms. The Kier molecular flexibility index (Phi) is 6.26. The summed E-state index contributed by atoms with van der Waals surface area (Å²) in [6.45, 7) is 6.21. The molecule has 0 atom stereocenters. The molecule has 0 aliphatic heterocycles. The van der Waals surface area contributed by atoms with Gasteiger partial charge < -0.3 is 4.74 Å². The third-order valence-electron chi connectivity index (χ3n) is 3.75. The van der Waals surface area contributed by atoms with Gasteiger partial charge in [-0.25, -0.2) is 4.39 Å². The zero-order chi connectivity index (χ0) is 14.4. The third-order valence-corrected chi connectivity index (χ3v) is 3.75. The maximum Gasteiger partial charge on any atom is 0.200 e. The van der Waals surface area contributed by atoms with Crippen LogP contribution in [0.15, 0.2) is 12.1 Å². The minimum Gasteiger partial charge on any atom is -0.494 e. The highest BCUT2D eigenvalue weighted by Crippen LogP contribution is 2.38. The van der Waals surface area contributed by atoms with Gasteiger partial charge >= 0.3 is 0 Å². The van der Waals surface area contributed by atoms with Crippen LogP contribution in [0.2, 0.25) is 0 Å². The molecule has 0 amide bonds. The zero-order valence-electron chi connectivity index (χ0n) is 12.3. The molecule has 3 heteroatoms. The fraction of sp³-hybridized carbons (Fsp3) is 0.625. The van der Waals surface area contributed by atoms with E-state index in [-0.39, 0.29) is 11.7 Å². The lowest BCUT2D eigenvalue weighted by atomic mass is 9.79. The fourth-order valence-corrected chi connectivity index (χ4v) is 2.59. The largest absolute Gasteiger partial charge is 0.494 e. The van der Waals surface area contributed by atoms with Crippen LogP contribution in [0, 0.1) is 17.6 Å². The van der Waals surface area contributed by atoms with E-state index in [1.165, 1.54) is 13.2 Å². The summed E-state index contributed by atoms with van der Waals surface area (Å²) >= 11 is 0. The van der Waals surface area contributed by atoms with Crippen molar-refractivity contribution in [1.82, 2.24) is 0 Å². The molecule has 0 aromatic heterocycles. The molecule has 1 nitrogen and oxygen atoms in total. The molecular formula is C16H24F2O. The molecule has 0 spiro atoms. The van der Waals surface area contributed by atoms with E-state index in [0.717, 1.165) is 25.7 Å². The van der Waals surface area contributed by atoms with Gasteiger partial charge in [-0.1, -0.05) is 39.7 Å². The van der Waals surface area contributed by atoms with Crippen LogP contribution in [0.4, 0.5) is 8.78 Å². The first-order chi connectivity index (χ1) is 9.13. The van der Waals surface area contributed by atoms with E-state index in [4.69, 9.17) is 4.74 Å². The van der Waals surface area contributed by atoms with Crippen molar-refractivity contribution in [1.29, 1.82) is 0 Å². The molecule has 0 saturated heterocycles. The Morgan fingerprint density at radius 2 is 1.58 bits per heavy atom. The topological polar surface area (TPSA) is 9.23 Å². The number of rotatable bonds is 2. The summed E-state index contributed by atoms with van der Waals surface area (Å²) in [5, 5.41) is 0. The number of halogens is 2. The second kappa shape index (κ2) is 7.46. The molecule has 0 radical (unpaired) electrons. The molecule has 0 heterocycles. The maximum atomic E-state index is 13.9. The van der Waals surface area contributed by atoms with Crippen LogP contribution in [-0.2, 0) is 0 Å². The standard InChI is InChI=1S/C14H18F2O.C2H6/c1-9-3-5-10(6-4-9)11-7-8-12(17-2)14(16)13(11)15;1-2/h7-10H,3-6H2,1-2H3;1-2H3. The predicted molar refractivity (Wildman–Crippen MR) is 74.6 cm³/mol. The lowest BCUT2D eigenvalue weighted by Gasteiger charge is -2.26. The van der Waals surface area contributed by atoms with E-state index in [0.29, 0.717) is 11.5 Å². The van der Waals surface area contributed by atoms with Crippen molar-refractivity contribution in [2.75, 3.05) is 7.11 Å². The molecule has 0 N–H and O–H groups in total. The Bertz CT molecular complexity index is 396. The monoisotopic (exact) mass is 270 g/mol. The molecule has 108 valence electrons. The van der Waals surface area contributed by atoms with Crippen LogP contribution in [0.1, 0.15) is 57.9 Å². The normalized spacial score (nSPS) is 22.4. The predicted octanol–water partition coefficient (Wildman–Crippen LogP) is 5.29. The highest BCUT2D eigenvalue weighted by molar-refractivity contribution is 5.33. The summed E-state index contributed by atoms with van der Waals surface area (Å²) < 4.78 is 32.2. The van der Waals surface area contributed by atoms with Gasteiger partial charge in [-0.3, -0.25) is 0 Å². The smallest absolute Gasteiger partial charge is 0.200 e. The first kappa shape index (κ1) is 15.9. The van der Waals surface area contributed by atoms with E-state index >= 15 is 0 Å². The fourth-order valence-electron chi connectivity index (χ4n) is 2.59. The molecule has 1 aromatic carbocycles. The lowest BCUT2D eigenvalue weighted by molar-refractivity contribution is 0.333. The van der Waals surface area contributed by atoms with Crippen LogP contribution in [-0.4, -0.2) is 7.11 Å². The van der Waals surface area contributed by atoms with Crippen molar-refractivity contribution in [3.8, 4) is 5.75 Å². The Morgan fingerprint density at radius 1 is 1.00 bits per heavy atom. The summed E-state index contributed by atoms with van der Waals surface area (Å²) in [6, 6.07) is 3.18. The van der Waals surface area contributed by atoms with E-state index in [2.05, 4.69) is 6.92 Å². The van der Waals surface area contributed by atoms with Crippen molar-refractivity contribution in [3.05, 3.63) is 29.3 Å². The Hall–Kier alpha value is -1.12. The second-order valence-electron chi connectivity index (χ2n) is 4.94. The summed E-state index contributed by atoms with van der Waals surface area (Å²) in [7, 11) is 1.35. The van der Waals surface area contributed by atoms with Crippen molar-refractivity contribution in [3.63, 3.8) is 0 Å².